The molecule has 1 unspecified atom stereocenters. The second kappa shape index (κ2) is 5.05. The molecule has 18 heavy (non-hydrogen) atoms. The molecule has 1 aliphatic heterocycles. The van der Waals surface area contributed by atoms with Gasteiger partial charge in [-0.3, -0.25) is 4.90 Å². The van der Waals surface area contributed by atoms with E-state index in [1.165, 1.54) is 0 Å². The molecule has 1 aliphatic carbocycles. The second-order valence-electron chi connectivity index (χ2n) is 6.26. The molecule has 1 saturated heterocycles. The number of hydrogen-bond acceptors (Lipinski definition) is 3. The molecule has 2 fully saturated rings. The number of aliphatic hydroxyl groups is 1. The molecule has 5 heteroatoms. The minimum atomic E-state index is 0.0710. The molecule has 2 N–H and O–H groups in total. The van der Waals surface area contributed by atoms with Gasteiger partial charge in [0.1, 0.15) is 0 Å². The molecule has 2 amide bonds. The van der Waals surface area contributed by atoms with Crippen LogP contribution in [0.1, 0.15) is 27.2 Å². The minimum absolute atomic E-state index is 0.0710. The number of nitrogens with zero attached hydrogens (tertiary/aromatic N) is 2. The Kier molecular flexibility index (Phi) is 3.82. The molecule has 2 rings (SSSR count). The SMILES string of the molecule is CC1CN(CCO)CCN1C(=O)N[C@H]1CC1(C)C. The zero-order chi connectivity index (χ0) is 13.3. The van der Waals surface area contributed by atoms with Gasteiger partial charge in [-0.05, 0) is 18.8 Å². The minimum Gasteiger partial charge on any atom is -0.395 e. The van der Waals surface area contributed by atoms with Gasteiger partial charge in [0.05, 0.1) is 6.61 Å². The highest BCUT2D eigenvalue weighted by Gasteiger charge is 2.47. The van der Waals surface area contributed by atoms with E-state index >= 15 is 0 Å². The van der Waals surface area contributed by atoms with E-state index in [0.29, 0.717) is 12.6 Å². The van der Waals surface area contributed by atoms with E-state index in [4.69, 9.17) is 5.11 Å². The van der Waals surface area contributed by atoms with Crippen molar-refractivity contribution in [1.82, 2.24) is 15.1 Å². The van der Waals surface area contributed by atoms with Gasteiger partial charge >= 0.3 is 6.03 Å². The largest absolute Gasteiger partial charge is 0.395 e. The van der Waals surface area contributed by atoms with Crippen molar-refractivity contribution >= 4 is 6.03 Å². The van der Waals surface area contributed by atoms with Crippen LogP contribution in [0.5, 0.6) is 0 Å². The van der Waals surface area contributed by atoms with E-state index in [1.807, 2.05) is 4.90 Å². The third kappa shape index (κ3) is 2.95. The summed E-state index contributed by atoms with van der Waals surface area (Å²) in [7, 11) is 0. The number of rotatable bonds is 3. The zero-order valence-electron chi connectivity index (χ0n) is 11.6. The molecule has 0 aromatic heterocycles. The van der Waals surface area contributed by atoms with Crippen LogP contribution in [-0.4, -0.2) is 65.8 Å². The van der Waals surface area contributed by atoms with E-state index < -0.39 is 0 Å². The number of β-amino-alcohol motifs (C(OH)–C–C–N with tert-alkyl or cyclic N) is 1. The summed E-state index contributed by atoms with van der Waals surface area (Å²) in [4.78, 5) is 16.3. The van der Waals surface area contributed by atoms with Crippen LogP contribution in [-0.2, 0) is 0 Å². The summed E-state index contributed by atoms with van der Waals surface area (Å²) in [5, 5.41) is 12.0. The second-order valence-corrected chi connectivity index (χ2v) is 6.26. The molecule has 1 saturated carbocycles. The standard InChI is InChI=1S/C13H25N3O2/c1-10-9-15(6-7-17)4-5-16(10)12(18)14-11-8-13(11,2)3/h10-11,17H,4-9H2,1-3H3,(H,14,18)/t10?,11-/m0/s1. The van der Waals surface area contributed by atoms with E-state index in [-0.39, 0.29) is 24.1 Å². The fourth-order valence-electron chi connectivity index (χ4n) is 2.62. The Morgan fingerprint density at radius 1 is 1.44 bits per heavy atom. The van der Waals surface area contributed by atoms with Crippen molar-refractivity contribution in [1.29, 1.82) is 0 Å². The maximum absolute atomic E-state index is 12.2. The quantitative estimate of drug-likeness (QED) is 0.772. The highest BCUT2D eigenvalue weighted by atomic mass is 16.3. The van der Waals surface area contributed by atoms with Crippen molar-refractivity contribution < 1.29 is 9.90 Å². The number of nitrogens with one attached hydrogen (secondary N) is 1. The van der Waals surface area contributed by atoms with Gasteiger partial charge in [0.2, 0.25) is 0 Å². The van der Waals surface area contributed by atoms with Crippen LogP contribution in [0, 0.1) is 5.41 Å². The molecule has 2 aliphatic rings. The fourth-order valence-corrected chi connectivity index (χ4v) is 2.62. The average molecular weight is 255 g/mol. The lowest BCUT2D eigenvalue weighted by atomic mass is 10.2. The van der Waals surface area contributed by atoms with Gasteiger partial charge in [0.25, 0.3) is 0 Å². The predicted octanol–water partition coefficient (Wildman–Crippen LogP) is 0.493. The van der Waals surface area contributed by atoms with Crippen LogP contribution in [0.3, 0.4) is 0 Å². The van der Waals surface area contributed by atoms with Gasteiger partial charge < -0.3 is 15.3 Å². The summed E-state index contributed by atoms with van der Waals surface area (Å²) >= 11 is 0. The van der Waals surface area contributed by atoms with E-state index in [2.05, 4.69) is 31.0 Å². The molecular formula is C13H25N3O2. The first-order chi connectivity index (χ1) is 8.44. The number of carbonyl (C=O) groups is 1. The molecule has 104 valence electrons. The third-order valence-electron chi connectivity index (χ3n) is 4.20. The summed E-state index contributed by atoms with van der Waals surface area (Å²) in [6.07, 6.45) is 1.08. The van der Waals surface area contributed by atoms with Crippen molar-refractivity contribution in [3.63, 3.8) is 0 Å². The Morgan fingerprint density at radius 3 is 2.61 bits per heavy atom. The van der Waals surface area contributed by atoms with Crippen LogP contribution >= 0.6 is 0 Å². The topological polar surface area (TPSA) is 55.8 Å². The van der Waals surface area contributed by atoms with Crippen molar-refractivity contribution in [3.05, 3.63) is 0 Å². The molecule has 5 nitrogen and oxygen atoms in total. The summed E-state index contributed by atoms with van der Waals surface area (Å²) in [5.74, 6) is 0. The van der Waals surface area contributed by atoms with Gasteiger partial charge in [-0.25, -0.2) is 4.79 Å². The number of urea groups is 1. The van der Waals surface area contributed by atoms with Crippen LogP contribution < -0.4 is 5.32 Å². The number of carbonyl (C=O) groups excluding carboxylic acids is 1. The van der Waals surface area contributed by atoms with Gasteiger partial charge in [-0.2, -0.15) is 0 Å². The Balaban J connectivity index is 1.81. The van der Waals surface area contributed by atoms with E-state index in [9.17, 15) is 4.79 Å². The molecule has 0 aromatic carbocycles. The summed E-state index contributed by atoms with van der Waals surface area (Å²) in [6.45, 7) is 9.78. The zero-order valence-corrected chi connectivity index (χ0v) is 11.6. The van der Waals surface area contributed by atoms with Crippen molar-refractivity contribution in [3.8, 4) is 0 Å². The maximum atomic E-state index is 12.2. The fraction of sp³-hybridized carbons (Fsp3) is 0.923. The lowest BCUT2D eigenvalue weighted by Gasteiger charge is -2.39. The lowest BCUT2D eigenvalue weighted by Crippen LogP contribution is -2.57. The van der Waals surface area contributed by atoms with E-state index in [0.717, 1.165) is 26.1 Å². The van der Waals surface area contributed by atoms with Crippen LogP contribution in [0.2, 0.25) is 0 Å². The highest BCUT2D eigenvalue weighted by molar-refractivity contribution is 5.75. The normalized spacial score (nSPS) is 31.2. The smallest absolute Gasteiger partial charge is 0.317 e. The van der Waals surface area contributed by atoms with Crippen LogP contribution in [0.25, 0.3) is 0 Å². The van der Waals surface area contributed by atoms with Crippen molar-refractivity contribution in [2.45, 2.75) is 39.3 Å². The molecular weight excluding hydrogens is 230 g/mol. The maximum Gasteiger partial charge on any atom is 0.317 e. The summed E-state index contributed by atoms with van der Waals surface area (Å²) in [6, 6.07) is 0.626. The summed E-state index contributed by atoms with van der Waals surface area (Å²) < 4.78 is 0. The highest BCUT2D eigenvalue weighted by Crippen LogP contribution is 2.44. The number of amides is 2. The molecule has 1 heterocycles. The number of piperazine rings is 1. The number of aliphatic hydroxyl groups excluding tert-OH is 1. The molecule has 2 atom stereocenters. The molecule has 0 radical (unpaired) electrons. The van der Waals surface area contributed by atoms with Crippen molar-refractivity contribution in [2.75, 3.05) is 32.8 Å². The number of hydrogen-bond donors (Lipinski definition) is 2. The van der Waals surface area contributed by atoms with Gasteiger partial charge in [0, 0.05) is 38.3 Å². The molecule has 0 bridgehead atoms. The first-order valence-electron chi connectivity index (χ1n) is 6.84. The first-order valence-corrected chi connectivity index (χ1v) is 6.84. The first kappa shape index (κ1) is 13.6. The lowest BCUT2D eigenvalue weighted by molar-refractivity contribution is 0.0884. The van der Waals surface area contributed by atoms with Gasteiger partial charge in [-0.15, -0.1) is 0 Å². The summed E-state index contributed by atoms with van der Waals surface area (Å²) in [5.41, 5.74) is 0.275. The van der Waals surface area contributed by atoms with Crippen molar-refractivity contribution in [2.24, 2.45) is 5.41 Å². The monoisotopic (exact) mass is 255 g/mol. The van der Waals surface area contributed by atoms with Crippen LogP contribution in [0.4, 0.5) is 4.79 Å². The predicted molar refractivity (Wildman–Crippen MR) is 70.4 cm³/mol. The Bertz CT molecular complexity index is 319. The molecule has 0 spiro atoms. The van der Waals surface area contributed by atoms with Crippen LogP contribution in [0.15, 0.2) is 0 Å². The Morgan fingerprint density at radius 2 is 2.11 bits per heavy atom. The third-order valence-corrected chi connectivity index (χ3v) is 4.20. The molecule has 0 aromatic rings. The van der Waals surface area contributed by atoms with Gasteiger partial charge in [-0.1, -0.05) is 13.8 Å². The average Bonchev–Trinajstić information content (AvgIpc) is 2.86. The van der Waals surface area contributed by atoms with E-state index in [1.54, 1.807) is 0 Å². The Hall–Kier alpha value is -0.810. The Labute approximate surface area is 109 Å². The van der Waals surface area contributed by atoms with Gasteiger partial charge in [0.15, 0.2) is 0 Å².